The van der Waals surface area contributed by atoms with Gasteiger partial charge in [0.05, 0.1) is 5.69 Å². The third-order valence-electron chi connectivity index (χ3n) is 3.49. The Morgan fingerprint density at radius 3 is 2.75 bits per heavy atom. The zero-order valence-corrected chi connectivity index (χ0v) is 11.1. The van der Waals surface area contributed by atoms with Crippen LogP contribution in [0.1, 0.15) is 53.7 Å². The first kappa shape index (κ1) is 12.8. The van der Waals surface area contributed by atoms with Crippen molar-refractivity contribution in [1.29, 1.82) is 0 Å². The molecule has 0 bridgehead atoms. The molecule has 2 heterocycles. The van der Waals surface area contributed by atoms with Crippen molar-refractivity contribution in [2.24, 2.45) is 0 Å². The van der Waals surface area contributed by atoms with Crippen LogP contribution in [0.3, 0.4) is 0 Å². The number of amides is 3. The van der Waals surface area contributed by atoms with Crippen molar-refractivity contribution in [3.8, 4) is 0 Å². The lowest BCUT2D eigenvalue weighted by Gasteiger charge is -2.21. The highest BCUT2D eigenvalue weighted by Crippen LogP contribution is 2.40. The van der Waals surface area contributed by atoms with E-state index in [1.54, 1.807) is 6.92 Å². The second-order valence-corrected chi connectivity index (χ2v) is 5.22. The van der Waals surface area contributed by atoms with Crippen LogP contribution in [0.4, 0.5) is 0 Å². The summed E-state index contributed by atoms with van der Waals surface area (Å²) in [5.41, 5.74) is 0.525. The normalized spacial score (nSPS) is 22.6. The summed E-state index contributed by atoms with van der Waals surface area (Å²) in [5.74, 6) is -0.184. The number of hydrogen-bond acceptors (Lipinski definition) is 5. The Kier molecular flexibility index (Phi) is 3.04. The number of rotatable bonds is 3. The lowest BCUT2D eigenvalue weighted by Crippen LogP contribution is -2.52. The van der Waals surface area contributed by atoms with Gasteiger partial charge in [-0.25, -0.2) is 4.98 Å². The van der Waals surface area contributed by atoms with Crippen LogP contribution in [0.15, 0.2) is 4.42 Å². The maximum absolute atomic E-state index is 12.1. The van der Waals surface area contributed by atoms with Gasteiger partial charge in [-0.05, 0) is 26.2 Å². The molecule has 1 unspecified atom stereocenters. The number of nitrogens with one attached hydrogen (secondary N) is 2. The number of carbonyl (C=O) groups excluding carboxylic acids is 3. The van der Waals surface area contributed by atoms with E-state index in [1.165, 1.54) is 0 Å². The fourth-order valence-corrected chi connectivity index (χ4v) is 2.19. The SMILES string of the molecule is Cc1nc(C2CC2)oc1C(=O)NC1CCC(=O)NC1=O. The van der Waals surface area contributed by atoms with Crippen LogP contribution in [0.2, 0.25) is 0 Å². The van der Waals surface area contributed by atoms with Crippen molar-refractivity contribution in [2.45, 2.75) is 44.6 Å². The van der Waals surface area contributed by atoms with E-state index >= 15 is 0 Å². The Morgan fingerprint density at radius 2 is 2.10 bits per heavy atom. The quantitative estimate of drug-likeness (QED) is 0.778. The zero-order valence-electron chi connectivity index (χ0n) is 11.1. The number of piperidine rings is 1. The molecule has 0 aromatic carbocycles. The fourth-order valence-electron chi connectivity index (χ4n) is 2.19. The highest BCUT2D eigenvalue weighted by atomic mass is 16.4. The molecule has 2 N–H and O–H groups in total. The molecule has 1 saturated carbocycles. The standard InChI is InChI=1S/C13H15N3O4/c1-6-10(20-13(14-6)7-2-3-7)12(19)15-8-4-5-9(17)16-11(8)18/h7-8H,2-5H2,1H3,(H,15,19)(H,16,17,18). The van der Waals surface area contributed by atoms with E-state index in [0.717, 1.165) is 12.8 Å². The van der Waals surface area contributed by atoms with Gasteiger partial charge in [-0.3, -0.25) is 19.7 Å². The number of hydrogen-bond donors (Lipinski definition) is 2. The van der Waals surface area contributed by atoms with Gasteiger partial charge in [0, 0.05) is 12.3 Å². The topological polar surface area (TPSA) is 101 Å². The van der Waals surface area contributed by atoms with E-state index in [2.05, 4.69) is 15.6 Å². The van der Waals surface area contributed by atoms with Gasteiger partial charge in [-0.15, -0.1) is 0 Å². The Hall–Kier alpha value is -2.18. The molecule has 7 nitrogen and oxygen atoms in total. The van der Waals surface area contributed by atoms with Crippen molar-refractivity contribution in [1.82, 2.24) is 15.6 Å². The van der Waals surface area contributed by atoms with E-state index in [4.69, 9.17) is 4.42 Å². The molecule has 1 aromatic heterocycles. The van der Waals surface area contributed by atoms with Crippen LogP contribution in [0, 0.1) is 6.92 Å². The van der Waals surface area contributed by atoms with Crippen LogP contribution in [-0.2, 0) is 9.59 Å². The first-order valence-electron chi connectivity index (χ1n) is 6.66. The molecule has 0 spiro atoms. The van der Waals surface area contributed by atoms with E-state index in [9.17, 15) is 14.4 Å². The number of oxazole rings is 1. The van der Waals surface area contributed by atoms with E-state index in [1.807, 2.05) is 0 Å². The molecule has 1 saturated heterocycles. The Bertz CT molecular complexity index is 588. The minimum atomic E-state index is -0.700. The fraction of sp³-hybridized carbons (Fsp3) is 0.538. The summed E-state index contributed by atoms with van der Waals surface area (Å²) >= 11 is 0. The van der Waals surface area contributed by atoms with Gasteiger partial charge in [0.2, 0.25) is 17.6 Å². The summed E-state index contributed by atoms with van der Waals surface area (Å²) in [6.45, 7) is 1.70. The minimum absolute atomic E-state index is 0.150. The molecule has 20 heavy (non-hydrogen) atoms. The third kappa shape index (κ3) is 2.43. The summed E-state index contributed by atoms with van der Waals surface area (Å²) in [6.07, 6.45) is 2.60. The predicted molar refractivity (Wildman–Crippen MR) is 66.9 cm³/mol. The number of aromatic nitrogens is 1. The summed E-state index contributed by atoms with van der Waals surface area (Å²) < 4.78 is 5.48. The molecule has 1 atom stereocenters. The summed E-state index contributed by atoms with van der Waals surface area (Å²) in [5, 5.41) is 4.78. The average Bonchev–Trinajstić information content (AvgIpc) is 3.16. The number of imide groups is 1. The first-order valence-corrected chi connectivity index (χ1v) is 6.66. The molecule has 3 amide bonds. The summed E-state index contributed by atoms with van der Waals surface area (Å²) in [4.78, 5) is 39.0. The molecular formula is C13H15N3O4. The maximum Gasteiger partial charge on any atom is 0.289 e. The smallest absolute Gasteiger partial charge is 0.289 e. The van der Waals surface area contributed by atoms with Crippen LogP contribution < -0.4 is 10.6 Å². The first-order chi connectivity index (χ1) is 9.54. The molecule has 3 rings (SSSR count). The van der Waals surface area contributed by atoms with Crippen LogP contribution in [0.25, 0.3) is 0 Å². The number of nitrogens with zero attached hydrogens (tertiary/aromatic N) is 1. The second kappa shape index (κ2) is 4.73. The largest absolute Gasteiger partial charge is 0.435 e. The minimum Gasteiger partial charge on any atom is -0.435 e. The Balaban J connectivity index is 1.69. The molecule has 0 radical (unpaired) electrons. The molecule has 1 aliphatic heterocycles. The zero-order chi connectivity index (χ0) is 14.3. The number of carbonyl (C=O) groups is 3. The Morgan fingerprint density at radius 1 is 1.35 bits per heavy atom. The van der Waals surface area contributed by atoms with Gasteiger partial charge in [0.1, 0.15) is 6.04 Å². The lowest BCUT2D eigenvalue weighted by atomic mass is 10.1. The molecule has 2 aliphatic rings. The highest BCUT2D eigenvalue weighted by molar-refractivity contribution is 6.03. The van der Waals surface area contributed by atoms with Gasteiger partial charge in [0.15, 0.2) is 5.89 Å². The van der Waals surface area contributed by atoms with Crippen molar-refractivity contribution in [3.05, 3.63) is 17.3 Å². The van der Waals surface area contributed by atoms with Crippen LogP contribution in [0.5, 0.6) is 0 Å². The third-order valence-corrected chi connectivity index (χ3v) is 3.49. The molecule has 2 fully saturated rings. The highest BCUT2D eigenvalue weighted by Gasteiger charge is 2.33. The van der Waals surface area contributed by atoms with Gasteiger partial charge in [-0.2, -0.15) is 0 Å². The lowest BCUT2D eigenvalue weighted by molar-refractivity contribution is -0.134. The second-order valence-electron chi connectivity index (χ2n) is 5.22. The predicted octanol–water partition coefficient (Wildman–Crippen LogP) is 0.395. The molecule has 7 heteroatoms. The molecule has 106 valence electrons. The van der Waals surface area contributed by atoms with Gasteiger partial charge >= 0.3 is 0 Å². The van der Waals surface area contributed by atoms with E-state index in [0.29, 0.717) is 23.9 Å². The van der Waals surface area contributed by atoms with Gasteiger partial charge in [0.25, 0.3) is 5.91 Å². The van der Waals surface area contributed by atoms with Gasteiger partial charge in [-0.1, -0.05) is 0 Å². The van der Waals surface area contributed by atoms with E-state index < -0.39 is 17.9 Å². The van der Waals surface area contributed by atoms with Gasteiger partial charge < -0.3 is 9.73 Å². The Labute approximate surface area is 115 Å². The van der Waals surface area contributed by atoms with Crippen molar-refractivity contribution in [2.75, 3.05) is 0 Å². The van der Waals surface area contributed by atoms with E-state index in [-0.39, 0.29) is 18.1 Å². The molecule has 1 aliphatic carbocycles. The van der Waals surface area contributed by atoms with Crippen LogP contribution >= 0.6 is 0 Å². The summed E-state index contributed by atoms with van der Waals surface area (Å²) in [6, 6.07) is -0.700. The maximum atomic E-state index is 12.1. The van der Waals surface area contributed by atoms with Crippen molar-refractivity contribution in [3.63, 3.8) is 0 Å². The monoisotopic (exact) mass is 277 g/mol. The molecule has 1 aromatic rings. The average molecular weight is 277 g/mol. The molecular weight excluding hydrogens is 262 g/mol. The van der Waals surface area contributed by atoms with Crippen molar-refractivity contribution >= 4 is 17.7 Å². The summed E-state index contributed by atoms with van der Waals surface area (Å²) in [7, 11) is 0. The van der Waals surface area contributed by atoms with Crippen molar-refractivity contribution < 1.29 is 18.8 Å². The van der Waals surface area contributed by atoms with Crippen LogP contribution in [-0.4, -0.2) is 28.7 Å². The number of aryl methyl sites for hydroxylation is 1.